The van der Waals surface area contributed by atoms with E-state index in [4.69, 9.17) is 9.84 Å². The maximum absolute atomic E-state index is 12.9. The lowest BCUT2D eigenvalue weighted by molar-refractivity contribution is -0.136. The standard InChI is InChI=1S/C19H20FNO4S/c1-13(19(23)24)26-17-6-4-3-5-16(17)18(22)21(2)11-12-25-15-9-7-14(20)8-10-15/h3-10,13H,11-12H2,1-2H3,(H,23,24). The molecule has 0 spiro atoms. The van der Waals surface area contributed by atoms with E-state index in [9.17, 15) is 14.0 Å². The van der Waals surface area contributed by atoms with E-state index < -0.39 is 11.2 Å². The molecular formula is C19H20FNO4S. The predicted octanol–water partition coefficient (Wildman–Crippen LogP) is 3.54. The fourth-order valence-electron chi connectivity index (χ4n) is 2.13. The van der Waals surface area contributed by atoms with Crippen molar-refractivity contribution in [3.05, 3.63) is 59.9 Å². The Hall–Kier alpha value is -2.54. The Morgan fingerprint density at radius 1 is 1.19 bits per heavy atom. The smallest absolute Gasteiger partial charge is 0.316 e. The first-order valence-electron chi connectivity index (χ1n) is 8.01. The van der Waals surface area contributed by atoms with Crippen molar-refractivity contribution in [2.24, 2.45) is 0 Å². The van der Waals surface area contributed by atoms with Crippen LogP contribution in [-0.4, -0.2) is 47.3 Å². The second kappa shape index (κ2) is 9.24. The molecule has 0 saturated carbocycles. The number of amides is 1. The number of hydrogen-bond donors (Lipinski definition) is 1. The highest BCUT2D eigenvalue weighted by Crippen LogP contribution is 2.27. The van der Waals surface area contributed by atoms with E-state index in [1.54, 1.807) is 38.2 Å². The highest BCUT2D eigenvalue weighted by atomic mass is 32.2. The third kappa shape index (κ3) is 5.49. The van der Waals surface area contributed by atoms with Crippen LogP contribution in [0.3, 0.4) is 0 Å². The fourth-order valence-corrected chi connectivity index (χ4v) is 3.05. The largest absolute Gasteiger partial charge is 0.492 e. The molecular weight excluding hydrogens is 357 g/mol. The third-order valence-corrected chi connectivity index (χ3v) is 4.79. The van der Waals surface area contributed by atoms with Crippen LogP contribution < -0.4 is 4.74 Å². The molecule has 7 heteroatoms. The minimum atomic E-state index is -0.932. The number of hydrogen-bond acceptors (Lipinski definition) is 4. The number of halogens is 1. The summed E-state index contributed by atoms with van der Waals surface area (Å²) in [5.41, 5.74) is 0.454. The molecule has 0 radical (unpaired) electrons. The molecule has 0 saturated heterocycles. The van der Waals surface area contributed by atoms with Crippen molar-refractivity contribution in [2.45, 2.75) is 17.1 Å². The van der Waals surface area contributed by atoms with Gasteiger partial charge >= 0.3 is 5.97 Å². The van der Waals surface area contributed by atoms with Gasteiger partial charge in [-0.05, 0) is 43.3 Å². The van der Waals surface area contributed by atoms with Gasteiger partial charge in [-0.3, -0.25) is 9.59 Å². The first-order chi connectivity index (χ1) is 12.4. The highest BCUT2D eigenvalue weighted by molar-refractivity contribution is 8.00. The van der Waals surface area contributed by atoms with E-state index in [1.165, 1.54) is 29.2 Å². The SMILES string of the molecule is CC(Sc1ccccc1C(=O)N(C)CCOc1ccc(F)cc1)C(=O)O. The second-order valence-corrected chi connectivity index (χ2v) is 7.01. The molecule has 1 unspecified atom stereocenters. The Morgan fingerprint density at radius 2 is 1.85 bits per heavy atom. The van der Waals surface area contributed by atoms with Gasteiger partial charge in [-0.2, -0.15) is 0 Å². The van der Waals surface area contributed by atoms with E-state index in [2.05, 4.69) is 0 Å². The zero-order valence-corrected chi connectivity index (χ0v) is 15.3. The van der Waals surface area contributed by atoms with Gasteiger partial charge in [-0.1, -0.05) is 12.1 Å². The third-order valence-electron chi connectivity index (χ3n) is 3.62. The molecule has 0 bridgehead atoms. The topological polar surface area (TPSA) is 66.8 Å². The number of nitrogens with zero attached hydrogens (tertiary/aromatic N) is 1. The molecule has 0 aliphatic heterocycles. The van der Waals surface area contributed by atoms with Crippen molar-refractivity contribution in [3.8, 4) is 5.75 Å². The molecule has 26 heavy (non-hydrogen) atoms. The van der Waals surface area contributed by atoms with Crippen molar-refractivity contribution >= 4 is 23.6 Å². The van der Waals surface area contributed by atoms with Gasteiger partial charge < -0.3 is 14.7 Å². The van der Waals surface area contributed by atoms with E-state index >= 15 is 0 Å². The molecule has 0 fully saturated rings. The van der Waals surface area contributed by atoms with Crippen LogP contribution in [0.15, 0.2) is 53.4 Å². The summed E-state index contributed by atoms with van der Waals surface area (Å²) in [6, 6.07) is 12.6. The lowest BCUT2D eigenvalue weighted by Gasteiger charge is -2.19. The first kappa shape index (κ1) is 19.8. The summed E-state index contributed by atoms with van der Waals surface area (Å²) in [5, 5.41) is 8.41. The number of aliphatic carboxylic acids is 1. The minimum absolute atomic E-state index is 0.214. The van der Waals surface area contributed by atoms with Gasteiger partial charge in [0.25, 0.3) is 5.91 Å². The average Bonchev–Trinajstić information content (AvgIpc) is 2.63. The molecule has 5 nitrogen and oxygen atoms in total. The van der Waals surface area contributed by atoms with Crippen LogP contribution in [0, 0.1) is 5.82 Å². The lowest BCUT2D eigenvalue weighted by atomic mass is 10.2. The summed E-state index contributed by atoms with van der Waals surface area (Å²) in [6.07, 6.45) is 0. The summed E-state index contributed by atoms with van der Waals surface area (Å²) in [4.78, 5) is 25.9. The number of carboxylic acid groups (broad SMARTS) is 1. The van der Waals surface area contributed by atoms with Crippen LogP contribution in [0.2, 0.25) is 0 Å². The number of carboxylic acids is 1. The maximum atomic E-state index is 12.9. The van der Waals surface area contributed by atoms with Gasteiger partial charge in [0.15, 0.2) is 0 Å². The second-order valence-electron chi connectivity index (χ2n) is 5.62. The Kier molecular flexibility index (Phi) is 7.03. The number of thioether (sulfide) groups is 1. The van der Waals surface area contributed by atoms with Crippen molar-refractivity contribution in [1.29, 1.82) is 0 Å². The lowest BCUT2D eigenvalue weighted by Crippen LogP contribution is -2.31. The van der Waals surface area contributed by atoms with Crippen LogP contribution in [0.4, 0.5) is 4.39 Å². The van der Waals surface area contributed by atoms with Gasteiger partial charge in [-0.15, -0.1) is 11.8 Å². The molecule has 2 aromatic carbocycles. The fraction of sp³-hybridized carbons (Fsp3) is 0.263. The van der Waals surface area contributed by atoms with E-state index in [0.717, 1.165) is 11.8 Å². The highest BCUT2D eigenvalue weighted by Gasteiger charge is 2.19. The van der Waals surface area contributed by atoms with Crippen LogP contribution >= 0.6 is 11.8 Å². The zero-order chi connectivity index (χ0) is 19.1. The summed E-state index contributed by atoms with van der Waals surface area (Å²) < 4.78 is 18.4. The summed E-state index contributed by atoms with van der Waals surface area (Å²) in [5.74, 6) is -0.959. The van der Waals surface area contributed by atoms with Crippen molar-refractivity contribution in [2.75, 3.05) is 20.2 Å². The molecule has 138 valence electrons. The number of carbonyl (C=O) groups excluding carboxylic acids is 1. The number of ether oxygens (including phenoxy) is 1. The van der Waals surface area contributed by atoms with Gasteiger partial charge in [0, 0.05) is 11.9 Å². The molecule has 1 N–H and O–H groups in total. The number of rotatable bonds is 8. The minimum Gasteiger partial charge on any atom is -0.492 e. The molecule has 0 aliphatic rings. The van der Waals surface area contributed by atoms with Crippen LogP contribution in [0.25, 0.3) is 0 Å². The summed E-state index contributed by atoms with van der Waals surface area (Å²) in [7, 11) is 1.65. The van der Waals surface area contributed by atoms with Crippen molar-refractivity contribution in [1.82, 2.24) is 4.90 Å². The molecule has 0 heterocycles. The average molecular weight is 377 g/mol. The zero-order valence-electron chi connectivity index (χ0n) is 14.5. The molecule has 0 aliphatic carbocycles. The summed E-state index contributed by atoms with van der Waals surface area (Å²) >= 11 is 1.13. The Morgan fingerprint density at radius 3 is 2.50 bits per heavy atom. The normalized spacial score (nSPS) is 11.7. The first-order valence-corrected chi connectivity index (χ1v) is 8.88. The predicted molar refractivity (Wildman–Crippen MR) is 98.3 cm³/mol. The monoisotopic (exact) mass is 377 g/mol. The van der Waals surface area contributed by atoms with E-state index in [0.29, 0.717) is 22.8 Å². The molecule has 2 aromatic rings. The van der Waals surface area contributed by atoms with Gasteiger partial charge in [-0.25, -0.2) is 4.39 Å². The van der Waals surface area contributed by atoms with Crippen molar-refractivity contribution < 1.29 is 23.8 Å². The van der Waals surface area contributed by atoms with Crippen LogP contribution in [-0.2, 0) is 4.79 Å². The molecule has 1 atom stereocenters. The molecule has 0 aromatic heterocycles. The Labute approximate surface area is 155 Å². The number of carbonyl (C=O) groups is 2. The van der Waals surface area contributed by atoms with Gasteiger partial charge in [0.1, 0.15) is 23.4 Å². The number of likely N-dealkylation sites (N-methyl/N-ethyl adjacent to an activating group) is 1. The van der Waals surface area contributed by atoms with Crippen LogP contribution in [0.1, 0.15) is 17.3 Å². The quantitative estimate of drug-likeness (QED) is 0.713. The molecule has 1 amide bonds. The van der Waals surface area contributed by atoms with Gasteiger partial charge in [0.05, 0.1) is 12.1 Å². The molecule has 2 rings (SSSR count). The summed E-state index contributed by atoms with van der Waals surface area (Å²) in [6.45, 7) is 2.17. The maximum Gasteiger partial charge on any atom is 0.316 e. The van der Waals surface area contributed by atoms with Gasteiger partial charge in [0.2, 0.25) is 0 Å². The van der Waals surface area contributed by atoms with E-state index in [1.807, 2.05) is 0 Å². The Balaban J connectivity index is 1.97. The van der Waals surface area contributed by atoms with Crippen LogP contribution in [0.5, 0.6) is 5.75 Å². The van der Waals surface area contributed by atoms with E-state index in [-0.39, 0.29) is 18.3 Å². The Bertz CT molecular complexity index is 766. The van der Waals surface area contributed by atoms with Crippen molar-refractivity contribution in [3.63, 3.8) is 0 Å². The number of benzene rings is 2.